The molecule has 0 aliphatic rings. The van der Waals surface area contributed by atoms with E-state index in [-0.39, 0.29) is 34.0 Å². The van der Waals surface area contributed by atoms with Crippen molar-refractivity contribution in [3.8, 4) is 0 Å². The topological polar surface area (TPSA) is 86.8 Å². The highest BCUT2D eigenvalue weighted by molar-refractivity contribution is 7.92. The van der Waals surface area contributed by atoms with Gasteiger partial charge < -0.3 is 10.2 Å². The predicted octanol–water partition coefficient (Wildman–Crippen LogP) is 5.42. The van der Waals surface area contributed by atoms with Gasteiger partial charge in [0.2, 0.25) is 11.8 Å². The van der Waals surface area contributed by atoms with Crippen molar-refractivity contribution in [1.82, 2.24) is 10.2 Å². The van der Waals surface area contributed by atoms with E-state index >= 15 is 0 Å². The summed E-state index contributed by atoms with van der Waals surface area (Å²) in [6, 6.07) is 21.3. The number of carbonyl (C=O) groups is 2. The summed E-state index contributed by atoms with van der Waals surface area (Å²) in [4.78, 5) is 28.8. The Labute approximate surface area is 236 Å². The number of halogens is 1. The smallest absolute Gasteiger partial charge is 0.264 e. The Morgan fingerprint density at radius 3 is 2.23 bits per heavy atom. The maximum Gasteiger partial charge on any atom is 0.264 e. The largest absolute Gasteiger partial charge is 0.354 e. The molecule has 9 heteroatoms. The molecular formula is C30H36ClN3O4S. The number of nitrogens with zero attached hydrogens (tertiary/aromatic N) is 2. The second-order valence-electron chi connectivity index (χ2n) is 9.85. The van der Waals surface area contributed by atoms with Crippen LogP contribution in [-0.4, -0.2) is 44.3 Å². The minimum atomic E-state index is -4.16. The first-order valence-electron chi connectivity index (χ1n) is 13.0. The van der Waals surface area contributed by atoms with Crippen molar-refractivity contribution in [2.24, 2.45) is 5.92 Å². The van der Waals surface area contributed by atoms with Gasteiger partial charge in [-0.2, -0.15) is 0 Å². The summed E-state index contributed by atoms with van der Waals surface area (Å²) in [6.45, 7) is 7.86. The summed E-state index contributed by atoms with van der Waals surface area (Å²) in [6.07, 6.45) is 0.360. The average molecular weight is 570 g/mol. The molecule has 7 nitrogen and oxygen atoms in total. The fourth-order valence-corrected chi connectivity index (χ4v) is 5.98. The molecule has 1 unspecified atom stereocenters. The molecule has 208 valence electrons. The predicted molar refractivity (Wildman–Crippen MR) is 156 cm³/mol. The van der Waals surface area contributed by atoms with Crippen LogP contribution >= 0.6 is 11.6 Å². The number of hydrogen-bond donors (Lipinski definition) is 1. The van der Waals surface area contributed by atoms with Gasteiger partial charge in [-0.15, -0.1) is 0 Å². The maximum absolute atomic E-state index is 14.0. The molecule has 0 aromatic heterocycles. The van der Waals surface area contributed by atoms with Crippen molar-refractivity contribution in [3.05, 3.63) is 95.0 Å². The lowest BCUT2D eigenvalue weighted by Crippen LogP contribution is -2.52. The zero-order chi connectivity index (χ0) is 28.6. The van der Waals surface area contributed by atoms with Crippen LogP contribution in [0.1, 0.15) is 38.3 Å². The van der Waals surface area contributed by atoms with E-state index in [1.165, 1.54) is 17.0 Å². The number of amides is 2. The van der Waals surface area contributed by atoms with E-state index in [9.17, 15) is 18.0 Å². The molecule has 0 spiro atoms. The highest BCUT2D eigenvalue weighted by Gasteiger charge is 2.34. The van der Waals surface area contributed by atoms with E-state index in [1.807, 2.05) is 52.0 Å². The molecule has 1 N–H and O–H groups in total. The monoisotopic (exact) mass is 569 g/mol. The van der Waals surface area contributed by atoms with Gasteiger partial charge in [-0.3, -0.25) is 13.9 Å². The van der Waals surface area contributed by atoms with Crippen LogP contribution < -0.4 is 9.62 Å². The summed E-state index contributed by atoms with van der Waals surface area (Å²) in [7, 11) is -4.16. The van der Waals surface area contributed by atoms with Gasteiger partial charge in [0, 0.05) is 13.1 Å². The standard InChI is InChI=1S/C30H36ClN3O4S/c1-5-27(30(36)32-19-22(2)3)33(20-24-13-11-12-23(4)18-24)29(35)21-34(28-17-10-9-16-26(28)31)39(37,38)25-14-7-6-8-15-25/h6-18,22,27H,5,19-21H2,1-4H3,(H,32,36). The van der Waals surface area contributed by atoms with Gasteiger partial charge in [0.1, 0.15) is 12.6 Å². The molecule has 0 radical (unpaired) electrons. The van der Waals surface area contributed by atoms with E-state index in [0.717, 1.165) is 15.4 Å². The van der Waals surface area contributed by atoms with Crippen LogP contribution in [0.5, 0.6) is 0 Å². The van der Waals surface area contributed by atoms with E-state index in [1.54, 1.807) is 42.5 Å². The number of hydrogen-bond acceptors (Lipinski definition) is 4. The average Bonchev–Trinajstić information content (AvgIpc) is 2.91. The van der Waals surface area contributed by atoms with Crippen molar-refractivity contribution in [2.45, 2.75) is 51.6 Å². The van der Waals surface area contributed by atoms with Gasteiger partial charge >= 0.3 is 0 Å². The fourth-order valence-electron chi connectivity index (χ4n) is 4.24. The zero-order valence-corrected chi connectivity index (χ0v) is 24.4. The normalized spacial score (nSPS) is 12.2. The Bertz CT molecular complexity index is 1380. The van der Waals surface area contributed by atoms with Crippen molar-refractivity contribution in [1.29, 1.82) is 0 Å². The van der Waals surface area contributed by atoms with Gasteiger partial charge in [0.05, 0.1) is 15.6 Å². The van der Waals surface area contributed by atoms with Crippen LogP contribution in [0.4, 0.5) is 5.69 Å². The molecule has 0 saturated heterocycles. The SMILES string of the molecule is CCC(C(=O)NCC(C)C)N(Cc1cccc(C)c1)C(=O)CN(c1ccccc1Cl)S(=O)(=O)c1ccccc1. The summed E-state index contributed by atoms with van der Waals surface area (Å²) in [5, 5.41) is 3.12. The van der Waals surface area contributed by atoms with Gasteiger partial charge in [0.15, 0.2) is 0 Å². The lowest BCUT2D eigenvalue weighted by molar-refractivity contribution is -0.140. The highest BCUT2D eigenvalue weighted by Crippen LogP contribution is 2.30. The number of para-hydroxylation sites is 1. The van der Waals surface area contributed by atoms with E-state index in [0.29, 0.717) is 13.0 Å². The minimum absolute atomic E-state index is 0.0321. The Morgan fingerprint density at radius 1 is 0.949 bits per heavy atom. The Morgan fingerprint density at radius 2 is 1.62 bits per heavy atom. The second-order valence-corrected chi connectivity index (χ2v) is 12.1. The molecule has 3 aromatic rings. The van der Waals surface area contributed by atoms with Crippen molar-refractivity contribution < 1.29 is 18.0 Å². The van der Waals surface area contributed by atoms with Gasteiger partial charge in [-0.1, -0.05) is 92.5 Å². The first kappa shape index (κ1) is 30.2. The van der Waals surface area contributed by atoms with E-state index in [4.69, 9.17) is 11.6 Å². The molecule has 0 heterocycles. The van der Waals surface area contributed by atoms with Crippen LogP contribution in [0.25, 0.3) is 0 Å². The molecule has 39 heavy (non-hydrogen) atoms. The highest BCUT2D eigenvalue weighted by atomic mass is 35.5. The van der Waals surface area contributed by atoms with E-state index < -0.39 is 28.5 Å². The van der Waals surface area contributed by atoms with Crippen LogP contribution in [0.2, 0.25) is 5.02 Å². The summed E-state index contributed by atoms with van der Waals surface area (Å²) in [5.74, 6) is -0.552. The molecule has 0 fully saturated rings. The summed E-state index contributed by atoms with van der Waals surface area (Å²) in [5.41, 5.74) is 2.04. The molecule has 1 atom stereocenters. The number of nitrogens with one attached hydrogen (secondary N) is 1. The maximum atomic E-state index is 14.0. The Hall–Kier alpha value is -3.36. The van der Waals surface area contributed by atoms with Gasteiger partial charge in [-0.05, 0) is 49.1 Å². The first-order valence-corrected chi connectivity index (χ1v) is 14.8. The number of carbonyl (C=O) groups excluding carboxylic acids is 2. The van der Waals surface area contributed by atoms with Crippen LogP contribution in [0, 0.1) is 12.8 Å². The molecule has 0 saturated carbocycles. The fraction of sp³-hybridized carbons (Fsp3) is 0.333. The van der Waals surface area contributed by atoms with Crippen molar-refractivity contribution in [2.75, 3.05) is 17.4 Å². The van der Waals surface area contributed by atoms with Crippen LogP contribution in [0.3, 0.4) is 0 Å². The zero-order valence-electron chi connectivity index (χ0n) is 22.8. The van der Waals surface area contributed by atoms with E-state index in [2.05, 4.69) is 5.32 Å². The Kier molecular flexibility index (Phi) is 10.5. The summed E-state index contributed by atoms with van der Waals surface area (Å²) >= 11 is 6.44. The third-order valence-electron chi connectivity index (χ3n) is 6.24. The van der Waals surface area contributed by atoms with Crippen LogP contribution in [0.15, 0.2) is 83.8 Å². The molecule has 2 amide bonds. The van der Waals surface area contributed by atoms with Crippen LogP contribution in [-0.2, 0) is 26.2 Å². The lowest BCUT2D eigenvalue weighted by Gasteiger charge is -2.33. The number of rotatable bonds is 12. The van der Waals surface area contributed by atoms with Crippen molar-refractivity contribution >= 4 is 39.1 Å². The lowest BCUT2D eigenvalue weighted by atomic mass is 10.1. The number of aryl methyl sites for hydroxylation is 1. The molecule has 0 bridgehead atoms. The number of anilines is 1. The van der Waals surface area contributed by atoms with Gasteiger partial charge in [0.25, 0.3) is 10.0 Å². The van der Waals surface area contributed by atoms with Gasteiger partial charge in [-0.25, -0.2) is 8.42 Å². The minimum Gasteiger partial charge on any atom is -0.354 e. The molecule has 3 aromatic carbocycles. The quantitative estimate of drug-likeness (QED) is 0.315. The molecule has 0 aliphatic heterocycles. The molecule has 0 aliphatic carbocycles. The number of benzene rings is 3. The third kappa shape index (κ3) is 7.83. The summed E-state index contributed by atoms with van der Waals surface area (Å²) < 4.78 is 28.7. The second kappa shape index (κ2) is 13.6. The molecular weight excluding hydrogens is 534 g/mol. The van der Waals surface area contributed by atoms with Crippen molar-refractivity contribution in [3.63, 3.8) is 0 Å². The third-order valence-corrected chi connectivity index (χ3v) is 8.33. The Balaban J connectivity index is 2.05. The molecule has 3 rings (SSSR count). The number of sulfonamides is 1. The first-order chi connectivity index (χ1) is 18.5.